The van der Waals surface area contributed by atoms with Crippen LogP contribution in [0.4, 0.5) is 11.4 Å². The predicted molar refractivity (Wildman–Crippen MR) is 129 cm³/mol. The molecule has 8 nitrogen and oxygen atoms in total. The molecule has 0 fully saturated rings. The molecule has 0 saturated heterocycles. The molecule has 154 valence electrons. The Morgan fingerprint density at radius 3 is 2.58 bits per heavy atom. The van der Waals surface area contributed by atoms with Gasteiger partial charge in [0.1, 0.15) is 5.52 Å². The van der Waals surface area contributed by atoms with E-state index in [0.29, 0.717) is 22.7 Å². The lowest BCUT2D eigenvalue weighted by atomic mass is 10.2. The van der Waals surface area contributed by atoms with Gasteiger partial charge in [-0.1, -0.05) is 6.07 Å². The van der Waals surface area contributed by atoms with Crippen molar-refractivity contribution >= 4 is 68.3 Å². The summed E-state index contributed by atoms with van der Waals surface area (Å²) in [6, 6.07) is 18.4. The van der Waals surface area contributed by atoms with Gasteiger partial charge >= 0.3 is 0 Å². The van der Waals surface area contributed by atoms with Crippen LogP contribution in [0.3, 0.4) is 0 Å². The highest BCUT2D eigenvalue weighted by atomic mass is 127. The van der Waals surface area contributed by atoms with E-state index in [2.05, 4.69) is 38.2 Å². The number of carbonyl (C=O) groups excluding carboxylic acids is 1. The van der Waals surface area contributed by atoms with Crippen LogP contribution in [0.2, 0.25) is 0 Å². The molecule has 2 N–H and O–H groups in total. The summed E-state index contributed by atoms with van der Waals surface area (Å²) < 4.78 is 6.90. The fraction of sp³-hybridized carbons (Fsp3) is 0. The fourth-order valence-electron chi connectivity index (χ4n) is 2.82. The first-order valence-corrected chi connectivity index (χ1v) is 10.4. The first-order chi connectivity index (χ1) is 14.9. The highest BCUT2D eigenvalue weighted by molar-refractivity contribution is 14.1. The van der Waals surface area contributed by atoms with E-state index in [9.17, 15) is 14.9 Å². The van der Waals surface area contributed by atoms with E-state index < -0.39 is 10.8 Å². The number of hydrogen-bond acceptors (Lipinski definition) is 6. The number of benzene rings is 3. The molecule has 31 heavy (non-hydrogen) atoms. The van der Waals surface area contributed by atoms with E-state index in [4.69, 9.17) is 16.6 Å². The zero-order valence-corrected chi connectivity index (χ0v) is 18.6. The van der Waals surface area contributed by atoms with Crippen molar-refractivity contribution in [1.82, 2.24) is 10.3 Å². The van der Waals surface area contributed by atoms with Gasteiger partial charge in [-0.3, -0.25) is 20.2 Å². The lowest BCUT2D eigenvalue weighted by Crippen LogP contribution is -2.34. The Bertz CT molecular complexity index is 1320. The van der Waals surface area contributed by atoms with Crippen LogP contribution in [0.15, 0.2) is 71.1 Å². The van der Waals surface area contributed by atoms with Crippen LogP contribution in [0.1, 0.15) is 10.4 Å². The summed E-state index contributed by atoms with van der Waals surface area (Å²) in [6.45, 7) is 0. The van der Waals surface area contributed by atoms with Gasteiger partial charge in [0.25, 0.3) is 11.6 Å². The molecular formula is C21H13IN4O4S. The molecule has 0 atom stereocenters. The summed E-state index contributed by atoms with van der Waals surface area (Å²) in [5.74, 6) is 0.0376. The number of thiocarbonyl (C=S) groups is 1. The number of non-ortho nitro benzene ring substituents is 1. The van der Waals surface area contributed by atoms with Gasteiger partial charge in [-0.25, -0.2) is 4.98 Å². The Hall–Kier alpha value is -3.38. The molecule has 0 aliphatic heterocycles. The van der Waals surface area contributed by atoms with E-state index in [1.165, 1.54) is 24.3 Å². The number of halogens is 1. The number of hydrogen-bond donors (Lipinski definition) is 2. The van der Waals surface area contributed by atoms with Crippen LogP contribution in [0.5, 0.6) is 0 Å². The Kier molecular flexibility index (Phi) is 5.91. The van der Waals surface area contributed by atoms with Gasteiger partial charge in [0.15, 0.2) is 10.7 Å². The number of nitro groups is 1. The van der Waals surface area contributed by atoms with Crippen molar-refractivity contribution in [2.24, 2.45) is 0 Å². The molecule has 4 rings (SSSR count). The van der Waals surface area contributed by atoms with Crippen molar-refractivity contribution < 1.29 is 14.1 Å². The average Bonchev–Trinajstić information content (AvgIpc) is 3.17. The largest absolute Gasteiger partial charge is 0.436 e. The topological polar surface area (TPSA) is 110 Å². The zero-order chi connectivity index (χ0) is 22.0. The Morgan fingerprint density at radius 1 is 1.10 bits per heavy atom. The summed E-state index contributed by atoms with van der Waals surface area (Å²) in [7, 11) is 0. The predicted octanol–water partition coefficient (Wildman–Crippen LogP) is 5.13. The van der Waals surface area contributed by atoms with Crippen LogP contribution in [0, 0.1) is 13.7 Å². The second-order valence-corrected chi connectivity index (χ2v) is 8.08. The summed E-state index contributed by atoms with van der Waals surface area (Å²) in [5.41, 5.74) is 2.93. The van der Waals surface area contributed by atoms with Crippen molar-refractivity contribution in [1.29, 1.82) is 0 Å². The monoisotopic (exact) mass is 544 g/mol. The molecule has 0 aliphatic rings. The molecule has 0 aliphatic carbocycles. The van der Waals surface area contributed by atoms with Gasteiger partial charge in [0, 0.05) is 32.5 Å². The number of anilines is 1. The number of carbonyl (C=O) groups is 1. The second-order valence-electron chi connectivity index (χ2n) is 6.42. The number of fused-ring (bicyclic) bond motifs is 1. The van der Waals surface area contributed by atoms with Gasteiger partial charge < -0.3 is 9.73 Å². The van der Waals surface area contributed by atoms with Gasteiger partial charge in [0.2, 0.25) is 5.89 Å². The van der Waals surface area contributed by atoms with Crippen molar-refractivity contribution in [3.05, 3.63) is 86.0 Å². The number of amides is 1. The minimum Gasteiger partial charge on any atom is -0.436 e. The van der Waals surface area contributed by atoms with E-state index >= 15 is 0 Å². The molecule has 3 aromatic carbocycles. The van der Waals surface area contributed by atoms with Crippen molar-refractivity contribution in [2.45, 2.75) is 0 Å². The molecule has 0 bridgehead atoms. The second kappa shape index (κ2) is 8.78. The van der Waals surface area contributed by atoms with E-state index in [1.54, 1.807) is 18.2 Å². The third kappa shape index (κ3) is 4.86. The van der Waals surface area contributed by atoms with Crippen LogP contribution >= 0.6 is 34.8 Å². The highest BCUT2D eigenvalue weighted by Gasteiger charge is 2.12. The van der Waals surface area contributed by atoms with E-state index in [-0.39, 0.29) is 16.4 Å². The fourth-order valence-corrected chi connectivity index (χ4v) is 3.58. The molecule has 1 aromatic heterocycles. The first kappa shape index (κ1) is 20.9. The smallest absolute Gasteiger partial charge is 0.269 e. The average molecular weight is 544 g/mol. The van der Waals surface area contributed by atoms with Crippen LogP contribution < -0.4 is 10.6 Å². The summed E-state index contributed by atoms with van der Waals surface area (Å²) >= 11 is 7.43. The maximum Gasteiger partial charge on any atom is 0.269 e. The van der Waals surface area contributed by atoms with E-state index in [1.807, 2.05) is 24.3 Å². The summed E-state index contributed by atoms with van der Waals surface area (Å²) in [4.78, 5) is 27.0. The third-order valence-electron chi connectivity index (χ3n) is 4.28. The number of nitro benzene ring substituents is 1. The highest BCUT2D eigenvalue weighted by Crippen LogP contribution is 2.27. The minimum atomic E-state index is -0.530. The normalized spacial score (nSPS) is 10.6. The van der Waals surface area contributed by atoms with Crippen LogP contribution in [-0.2, 0) is 0 Å². The van der Waals surface area contributed by atoms with Crippen LogP contribution in [-0.4, -0.2) is 20.9 Å². The number of nitrogens with one attached hydrogen (secondary N) is 2. The quantitative estimate of drug-likeness (QED) is 0.159. The van der Waals surface area contributed by atoms with Gasteiger partial charge in [-0.2, -0.15) is 0 Å². The summed E-state index contributed by atoms with van der Waals surface area (Å²) in [6.07, 6.45) is 0. The van der Waals surface area contributed by atoms with Crippen LogP contribution in [0.25, 0.3) is 22.6 Å². The Balaban J connectivity index is 1.45. The molecule has 0 spiro atoms. The minimum absolute atomic E-state index is 0.0871. The number of nitrogens with zero attached hydrogens (tertiary/aromatic N) is 2. The van der Waals surface area contributed by atoms with Gasteiger partial charge in [0.05, 0.1) is 4.92 Å². The molecule has 0 radical (unpaired) electrons. The maximum atomic E-state index is 12.3. The Labute approximate surface area is 195 Å². The van der Waals surface area contributed by atoms with Gasteiger partial charge in [-0.05, 0) is 83.3 Å². The van der Waals surface area contributed by atoms with Crippen molar-refractivity contribution in [3.63, 3.8) is 0 Å². The number of oxazole rings is 1. The third-order valence-corrected chi connectivity index (χ3v) is 5.16. The molecule has 0 saturated carbocycles. The lowest BCUT2D eigenvalue weighted by Gasteiger charge is -2.09. The summed E-state index contributed by atoms with van der Waals surface area (Å²) in [5, 5.41) is 16.3. The lowest BCUT2D eigenvalue weighted by molar-refractivity contribution is -0.384. The molecule has 10 heteroatoms. The first-order valence-electron chi connectivity index (χ1n) is 8.92. The van der Waals surface area contributed by atoms with Crippen molar-refractivity contribution in [2.75, 3.05) is 5.32 Å². The standard InChI is InChI=1S/C21H13IN4O4S/c22-14-3-1-2-13(10-14)20-24-17-11-15(6-9-18(17)30-20)23-21(31)25-19(27)12-4-7-16(8-5-12)26(28)29/h1-11H,(H2,23,25,27,31). The SMILES string of the molecule is O=C(NC(=S)Nc1ccc2oc(-c3cccc(I)c3)nc2c1)c1ccc([N+](=O)[O-])cc1. The molecule has 0 unspecified atom stereocenters. The zero-order valence-electron chi connectivity index (χ0n) is 15.7. The number of aromatic nitrogens is 1. The van der Waals surface area contributed by atoms with Gasteiger partial charge in [-0.15, -0.1) is 0 Å². The van der Waals surface area contributed by atoms with E-state index in [0.717, 1.165) is 9.13 Å². The number of rotatable bonds is 4. The maximum absolute atomic E-state index is 12.3. The molecule has 4 aromatic rings. The molecule has 1 heterocycles. The molecule has 1 amide bonds. The Morgan fingerprint density at radius 2 is 1.87 bits per heavy atom. The van der Waals surface area contributed by atoms with Crippen molar-refractivity contribution in [3.8, 4) is 11.5 Å². The molecular weight excluding hydrogens is 531 g/mol.